The number of nitrogens with two attached hydrogens (primary N) is 1. The lowest BCUT2D eigenvalue weighted by Crippen LogP contribution is -2.68. The second kappa shape index (κ2) is 20.9. The average Bonchev–Trinajstić information content (AvgIpc) is 3.88. The molecule has 0 aliphatic carbocycles. The number of nitrogens with zero attached hydrogens (tertiary/aromatic N) is 3. The number of methoxy groups -OCH3 is 3. The summed E-state index contributed by atoms with van der Waals surface area (Å²) in [5, 5.41) is 29.9. The van der Waals surface area contributed by atoms with E-state index in [9.17, 15) is 34.2 Å². The highest BCUT2D eigenvalue weighted by atomic mass is 35.5. The van der Waals surface area contributed by atoms with Crippen LogP contribution in [0.15, 0.2) is 71.2 Å². The van der Waals surface area contributed by atoms with E-state index in [0.29, 0.717) is 11.5 Å². The number of hydrogen-bond donors (Lipinski definition) is 5. The average molecular weight is 974 g/mol. The zero-order chi connectivity index (χ0) is 47.1. The van der Waals surface area contributed by atoms with Gasteiger partial charge in [-0.3, -0.25) is 14.4 Å². The Balaban J connectivity index is 1.15. The van der Waals surface area contributed by atoms with E-state index in [1.54, 1.807) is 44.6 Å². The van der Waals surface area contributed by atoms with Crippen molar-refractivity contribution in [3.63, 3.8) is 0 Å². The van der Waals surface area contributed by atoms with Crippen LogP contribution in [0.2, 0.25) is 5.02 Å². The van der Waals surface area contributed by atoms with Gasteiger partial charge in [-0.15, -0.1) is 34.9 Å². The number of anilines is 1. The number of carboxylic acid groups (broad SMARTS) is 2. The van der Waals surface area contributed by atoms with Crippen molar-refractivity contribution in [2.24, 2.45) is 5.16 Å². The van der Waals surface area contributed by atoms with E-state index in [2.05, 4.69) is 20.8 Å². The lowest BCUT2D eigenvalue weighted by atomic mass is 10.1. The summed E-state index contributed by atoms with van der Waals surface area (Å²) in [6, 6.07) is 15.7. The fourth-order valence-electron chi connectivity index (χ4n) is 6.23. The predicted molar refractivity (Wildman–Crippen MR) is 243 cm³/mol. The maximum atomic E-state index is 13.9. The molecule has 6 rings (SSSR count). The summed E-state index contributed by atoms with van der Waals surface area (Å²) in [6.07, 6.45) is 0. The van der Waals surface area contributed by atoms with Crippen molar-refractivity contribution < 1.29 is 62.7 Å². The topological polar surface area (TPSA) is 260 Å². The zero-order valence-electron chi connectivity index (χ0n) is 35.5. The first-order valence-electron chi connectivity index (χ1n) is 19.5. The maximum absolute atomic E-state index is 13.9. The number of nitrogen functional groups attached to an aromatic ring is 1. The number of β-lactam (4-membered cyclic amide) rings is 1. The number of thiazole rings is 1. The van der Waals surface area contributed by atoms with E-state index in [0.717, 1.165) is 46.0 Å². The number of ether oxygens (including phenoxy) is 5. The number of carbonyl (C=O) groups is 5. The summed E-state index contributed by atoms with van der Waals surface area (Å²) < 4.78 is 26.6. The molecule has 65 heavy (non-hydrogen) atoms. The van der Waals surface area contributed by atoms with Crippen LogP contribution in [0.4, 0.5) is 5.13 Å². The molecule has 6 N–H and O–H groups in total. The van der Waals surface area contributed by atoms with Crippen LogP contribution in [-0.4, -0.2) is 123 Å². The minimum atomic E-state index is -1.82. The summed E-state index contributed by atoms with van der Waals surface area (Å²) in [4.78, 5) is 76.0. The number of aromatic nitrogens is 1. The standard InChI is InChI=1S/C42H45ClN6O13S3/c1-41(2,38(53)54)62-48-31(28-20-63-40(44)46-28)35(51)47-32-36(52)49-21-42(39(55)56,65-37(32)49)64-19-24(18-57-3)45-34(50)27-14-15-29(60-16-22-6-10-25(58-4)11-7-22)33(30(27)43)61-17-23-8-12-26(59-5)13-9-23/h6-15,20,24,32,37H,16-19,21H2,1-5H3,(H2,44,46)(H,45,50)(H,47,51)(H,53,54)(H,55,56)/b48-31-/t24-,32-,37-,42-/m1/s1. The molecule has 2 saturated heterocycles. The molecule has 0 radical (unpaired) electrons. The Morgan fingerprint density at radius 3 is 2.18 bits per heavy atom. The monoisotopic (exact) mass is 972 g/mol. The van der Waals surface area contributed by atoms with Crippen molar-refractivity contribution in [2.45, 2.75) is 54.2 Å². The molecule has 2 aliphatic rings. The highest BCUT2D eigenvalue weighted by Gasteiger charge is 2.63. The molecule has 0 unspecified atom stereocenters. The second-order valence-corrected chi connectivity index (χ2v) is 19.1. The number of rotatable bonds is 22. The number of benzene rings is 3. The Hall–Kier alpha value is -5.94. The third kappa shape index (κ3) is 11.3. The number of nitrogens with one attached hydrogen (secondary N) is 2. The van der Waals surface area contributed by atoms with Gasteiger partial charge in [-0.1, -0.05) is 41.0 Å². The molecular weight excluding hydrogens is 928 g/mol. The Morgan fingerprint density at radius 2 is 1.63 bits per heavy atom. The molecule has 1 aromatic heterocycles. The van der Waals surface area contributed by atoms with E-state index < -0.39 is 62.5 Å². The normalized spacial score (nSPS) is 18.5. The Bertz CT molecular complexity index is 2440. The lowest BCUT2D eigenvalue weighted by Gasteiger charge is -2.41. The third-order valence-corrected chi connectivity index (χ3v) is 14.4. The molecule has 19 nitrogen and oxygen atoms in total. The molecule has 2 aliphatic heterocycles. The molecule has 3 aromatic carbocycles. The van der Waals surface area contributed by atoms with Gasteiger partial charge < -0.3 is 60.0 Å². The van der Waals surface area contributed by atoms with Crippen molar-refractivity contribution in [1.82, 2.24) is 20.5 Å². The molecule has 2 fully saturated rings. The Kier molecular flexibility index (Phi) is 15.6. The van der Waals surface area contributed by atoms with Crippen LogP contribution in [0.5, 0.6) is 23.0 Å². The smallest absolute Gasteiger partial charge is 0.350 e. The summed E-state index contributed by atoms with van der Waals surface area (Å²) in [5.74, 6) is -2.91. The number of oxime groups is 1. The molecule has 4 atom stereocenters. The highest BCUT2D eigenvalue weighted by Crippen LogP contribution is 2.53. The largest absolute Gasteiger partial charge is 0.497 e. The fraction of sp³-hybridized carbons (Fsp3) is 0.357. The van der Waals surface area contributed by atoms with Crippen LogP contribution in [0.25, 0.3) is 0 Å². The summed E-state index contributed by atoms with van der Waals surface area (Å²) in [7, 11) is 4.56. The molecule has 23 heteroatoms. The first-order chi connectivity index (χ1) is 31.0. The summed E-state index contributed by atoms with van der Waals surface area (Å²) in [6.45, 7) is 2.44. The number of carbonyl (C=O) groups excluding carboxylic acids is 3. The molecule has 3 heterocycles. The molecule has 346 valence electrons. The Morgan fingerprint density at radius 1 is 1.00 bits per heavy atom. The summed E-state index contributed by atoms with van der Waals surface area (Å²) >= 11 is 9.85. The van der Waals surface area contributed by atoms with Crippen molar-refractivity contribution >= 4 is 87.0 Å². The number of carboxylic acids is 2. The number of aliphatic carboxylic acids is 2. The molecule has 0 bridgehead atoms. The van der Waals surface area contributed by atoms with Crippen molar-refractivity contribution in [3.8, 4) is 23.0 Å². The fourth-order valence-corrected chi connectivity index (χ4v) is 10.2. The van der Waals surface area contributed by atoms with Crippen molar-refractivity contribution in [2.75, 3.05) is 46.0 Å². The molecular formula is C42H45ClN6O13S3. The SMILES string of the molecule is COC[C@H](CS[C@]1(C(=O)O)CN2C(=O)[C@@H](NC(=O)/C(=N\OC(C)(C)C(=O)O)c3csc(N)n3)[C@H]2S1)NC(=O)c1ccc(OCc2ccc(OC)cc2)c(OCc2ccc(OC)cc2)c1Cl. The van der Waals surface area contributed by atoms with E-state index in [-0.39, 0.29) is 65.0 Å². The van der Waals surface area contributed by atoms with Crippen LogP contribution in [0.3, 0.4) is 0 Å². The van der Waals surface area contributed by atoms with Gasteiger partial charge in [0.2, 0.25) is 11.5 Å². The van der Waals surface area contributed by atoms with E-state index in [4.69, 9.17) is 45.9 Å². The first kappa shape index (κ1) is 48.5. The molecule has 4 aromatic rings. The third-order valence-electron chi connectivity index (χ3n) is 9.93. The molecule has 0 saturated carbocycles. The van der Waals surface area contributed by atoms with E-state index >= 15 is 0 Å². The highest BCUT2D eigenvalue weighted by molar-refractivity contribution is 8.20. The van der Waals surface area contributed by atoms with Crippen LogP contribution in [-0.2, 0) is 42.0 Å². The number of amides is 3. The van der Waals surface area contributed by atoms with Gasteiger partial charge in [0.25, 0.3) is 11.8 Å². The minimum Gasteiger partial charge on any atom is -0.497 e. The number of halogens is 1. The van der Waals surface area contributed by atoms with Gasteiger partial charge in [-0.2, -0.15) is 0 Å². The van der Waals surface area contributed by atoms with Crippen molar-refractivity contribution in [1.29, 1.82) is 0 Å². The molecule has 0 spiro atoms. The molecule has 3 amide bonds. The summed E-state index contributed by atoms with van der Waals surface area (Å²) in [5.41, 5.74) is 5.15. The number of hydrogen-bond acceptors (Lipinski definition) is 17. The maximum Gasteiger partial charge on any atom is 0.350 e. The van der Waals surface area contributed by atoms with Gasteiger partial charge in [-0.25, -0.2) is 14.6 Å². The quantitative estimate of drug-likeness (QED) is 0.0413. The van der Waals surface area contributed by atoms with E-state index in [1.165, 1.54) is 37.3 Å². The first-order valence-corrected chi connectivity index (χ1v) is 22.6. The van der Waals surface area contributed by atoms with Gasteiger partial charge >= 0.3 is 11.9 Å². The predicted octanol–water partition coefficient (Wildman–Crippen LogP) is 4.50. The van der Waals surface area contributed by atoms with Gasteiger partial charge in [0.1, 0.15) is 41.8 Å². The minimum absolute atomic E-state index is 0.0185. The van der Waals surface area contributed by atoms with Crippen molar-refractivity contribution in [3.05, 3.63) is 93.5 Å². The van der Waals surface area contributed by atoms with Crippen LogP contribution < -0.4 is 35.3 Å². The van der Waals surface area contributed by atoms with Crippen LogP contribution in [0.1, 0.15) is 41.0 Å². The number of thioether (sulfide) groups is 2. The van der Waals surface area contributed by atoms with Gasteiger partial charge in [-0.05, 0) is 61.4 Å². The van der Waals surface area contributed by atoms with Crippen LogP contribution in [0, 0.1) is 0 Å². The zero-order valence-corrected chi connectivity index (χ0v) is 38.7. The number of fused-ring (bicyclic) bond motifs is 1. The van der Waals surface area contributed by atoms with Gasteiger partial charge in [0.05, 0.1) is 44.0 Å². The van der Waals surface area contributed by atoms with Gasteiger partial charge in [0, 0.05) is 18.2 Å². The Labute approximate surface area is 390 Å². The van der Waals surface area contributed by atoms with E-state index in [1.807, 2.05) is 24.3 Å². The van der Waals surface area contributed by atoms with Gasteiger partial charge in [0.15, 0.2) is 26.4 Å². The van der Waals surface area contributed by atoms with Crippen LogP contribution >= 0.6 is 46.5 Å². The lowest BCUT2D eigenvalue weighted by molar-refractivity contribution is -0.161. The second-order valence-electron chi connectivity index (χ2n) is 14.9.